The first kappa shape index (κ1) is 13.5. The van der Waals surface area contributed by atoms with E-state index < -0.39 is 0 Å². The summed E-state index contributed by atoms with van der Waals surface area (Å²) in [6, 6.07) is 8.12. The molecule has 1 aromatic heterocycles. The van der Waals surface area contributed by atoms with Gasteiger partial charge in [0, 0.05) is 5.41 Å². The molecule has 3 N–H and O–H groups in total. The lowest BCUT2D eigenvalue weighted by atomic mass is 9.91. The number of nitrogens with two attached hydrogens (primary N) is 1. The lowest BCUT2D eigenvalue weighted by molar-refractivity contribution is 0.544. The Hall–Kier alpha value is -1.97. The lowest BCUT2D eigenvalue weighted by Crippen LogP contribution is -2.19. The van der Waals surface area contributed by atoms with Crippen LogP contribution in [-0.4, -0.2) is 9.78 Å². The van der Waals surface area contributed by atoms with Crippen LogP contribution in [0.15, 0.2) is 29.1 Å². The van der Waals surface area contributed by atoms with Gasteiger partial charge in [-0.2, -0.15) is 0 Å². The number of nitrogen functional groups attached to an aromatic ring is 1. The number of hydrogen-bond donors (Lipinski definition) is 2. The zero-order valence-electron chi connectivity index (χ0n) is 11.9. The number of H-pyrrole nitrogens is 1. The summed E-state index contributed by atoms with van der Waals surface area (Å²) < 4.78 is 1.57. The van der Waals surface area contributed by atoms with Crippen LogP contribution < -0.4 is 11.3 Å². The number of hydrogen-bond acceptors (Lipinski definition) is 2. The molecule has 0 bridgehead atoms. The summed E-state index contributed by atoms with van der Waals surface area (Å²) in [6.45, 7) is 8.65. The lowest BCUT2D eigenvalue weighted by Gasteiger charge is -2.16. The van der Waals surface area contributed by atoms with E-state index in [0.717, 1.165) is 11.3 Å². The van der Waals surface area contributed by atoms with Gasteiger partial charge in [0.1, 0.15) is 5.69 Å². The van der Waals surface area contributed by atoms with E-state index in [1.807, 2.05) is 52.0 Å². The van der Waals surface area contributed by atoms with E-state index in [-0.39, 0.29) is 11.0 Å². The third-order valence-corrected chi connectivity index (χ3v) is 3.20. The first-order valence-corrected chi connectivity index (χ1v) is 6.43. The Bertz CT molecular complexity index is 627. The van der Waals surface area contributed by atoms with Crippen LogP contribution >= 0.6 is 0 Å². The minimum atomic E-state index is -0.165. The second-order valence-electron chi connectivity index (χ2n) is 6.03. The van der Waals surface area contributed by atoms with Gasteiger partial charge in [0.25, 0.3) is 5.56 Å². The van der Waals surface area contributed by atoms with Gasteiger partial charge in [-0.25, -0.2) is 4.68 Å². The zero-order chi connectivity index (χ0) is 14.2. The molecule has 1 aromatic carbocycles. The van der Waals surface area contributed by atoms with Crippen LogP contribution in [0, 0.1) is 6.92 Å². The highest BCUT2D eigenvalue weighted by atomic mass is 16.1. The Morgan fingerprint density at radius 2 is 1.79 bits per heavy atom. The average molecular weight is 259 g/mol. The number of nitrogens with one attached hydrogen (secondary N) is 1. The number of aromatic amines is 1. The summed E-state index contributed by atoms with van der Waals surface area (Å²) in [6.07, 6.45) is 0. The maximum Gasteiger partial charge on any atom is 0.290 e. The third-order valence-electron chi connectivity index (χ3n) is 3.20. The Balaban J connectivity index is 2.37. The fourth-order valence-electron chi connectivity index (χ4n) is 2.06. The molecule has 0 radical (unpaired) electrons. The average Bonchev–Trinajstić information content (AvgIpc) is 2.60. The molecule has 0 atom stereocenters. The largest absolute Gasteiger partial charge is 0.393 e. The smallest absolute Gasteiger partial charge is 0.290 e. The normalized spacial score (nSPS) is 11.8. The maximum absolute atomic E-state index is 12.1. The fraction of sp³-hybridized carbons (Fsp3) is 0.400. The minimum absolute atomic E-state index is 0.148. The number of benzene rings is 1. The van der Waals surface area contributed by atoms with E-state index in [1.54, 1.807) is 4.68 Å². The van der Waals surface area contributed by atoms with Crippen LogP contribution in [0.3, 0.4) is 0 Å². The van der Waals surface area contributed by atoms with Crippen molar-refractivity contribution in [1.29, 1.82) is 0 Å². The first-order valence-electron chi connectivity index (χ1n) is 6.43. The number of nitrogens with zero attached hydrogens (tertiary/aromatic N) is 1. The van der Waals surface area contributed by atoms with E-state index in [0.29, 0.717) is 12.2 Å². The van der Waals surface area contributed by atoms with Gasteiger partial charge in [0.05, 0.1) is 12.2 Å². The number of aryl methyl sites for hydroxylation is 1. The molecule has 0 aliphatic heterocycles. The molecule has 0 unspecified atom stereocenters. The third kappa shape index (κ3) is 2.72. The van der Waals surface area contributed by atoms with E-state index in [1.165, 1.54) is 5.56 Å². The second-order valence-corrected chi connectivity index (χ2v) is 6.03. The van der Waals surface area contributed by atoms with Crippen molar-refractivity contribution in [3.05, 3.63) is 51.4 Å². The van der Waals surface area contributed by atoms with Crippen molar-refractivity contribution in [3.8, 4) is 0 Å². The summed E-state index contributed by atoms with van der Waals surface area (Å²) in [5, 5.41) is 3.13. The van der Waals surface area contributed by atoms with Gasteiger partial charge in [-0.15, -0.1) is 0 Å². The SMILES string of the molecule is Cc1ccc(Cn2[nH]c(C(C)(C)C)c(N)c2=O)cc1. The highest BCUT2D eigenvalue weighted by Crippen LogP contribution is 2.23. The van der Waals surface area contributed by atoms with E-state index >= 15 is 0 Å². The van der Waals surface area contributed by atoms with Crippen molar-refractivity contribution in [2.45, 2.75) is 39.7 Å². The van der Waals surface area contributed by atoms with Crippen LogP contribution in [0.4, 0.5) is 5.69 Å². The molecular weight excluding hydrogens is 238 g/mol. The molecule has 0 spiro atoms. The molecule has 0 aliphatic carbocycles. The molecule has 0 saturated carbocycles. The number of aromatic nitrogens is 2. The monoisotopic (exact) mass is 259 g/mol. The predicted molar refractivity (Wildman–Crippen MR) is 78.4 cm³/mol. The highest BCUT2D eigenvalue weighted by Gasteiger charge is 2.22. The molecule has 2 aromatic rings. The molecule has 19 heavy (non-hydrogen) atoms. The summed E-state index contributed by atoms with van der Waals surface area (Å²) >= 11 is 0. The molecular formula is C15H21N3O. The predicted octanol–water partition coefficient (Wildman–Crippen LogP) is 2.41. The molecule has 4 nitrogen and oxygen atoms in total. The number of anilines is 1. The van der Waals surface area contributed by atoms with E-state index in [2.05, 4.69) is 5.10 Å². The van der Waals surface area contributed by atoms with Crippen LogP contribution in [0.5, 0.6) is 0 Å². The van der Waals surface area contributed by atoms with E-state index in [9.17, 15) is 4.79 Å². The van der Waals surface area contributed by atoms with Crippen molar-refractivity contribution in [2.24, 2.45) is 0 Å². The topological polar surface area (TPSA) is 63.8 Å². The quantitative estimate of drug-likeness (QED) is 0.870. The molecule has 102 valence electrons. The highest BCUT2D eigenvalue weighted by molar-refractivity contribution is 5.44. The first-order chi connectivity index (χ1) is 8.79. The maximum atomic E-state index is 12.1. The van der Waals surface area contributed by atoms with Crippen LogP contribution in [0.25, 0.3) is 0 Å². The Labute approximate surface area is 113 Å². The molecule has 0 saturated heterocycles. The fourth-order valence-corrected chi connectivity index (χ4v) is 2.06. The van der Waals surface area contributed by atoms with E-state index in [4.69, 9.17) is 5.73 Å². The summed E-state index contributed by atoms with van der Waals surface area (Å²) in [5.41, 5.74) is 8.99. The summed E-state index contributed by atoms with van der Waals surface area (Å²) in [4.78, 5) is 12.1. The van der Waals surface area contributed by atoms with Gasteiger partial charge in [-0.05, 0) is 12.5 Å². The Morgan fingerprint density at radius 1 is 1.21 bits per heavy atom. The zero-order valence-corrected chi connectivity index (χ0v) is 11.9. The van der Waals surface area contributed by atoms with Crippen LogP contribution in [-0.2, 0) is 12.0 Å². The van der Waals surface area contributed by atoms with Crippen molar-refractivity contribution < 1.29 is 0 Å². The van der Waals surface area contributed by atoms with Gasteiger partial charge in [0.2, 0.25) is 0 Å². The molecule has 1 heterocycles. The van der Waals surface area contributed by atoms with Crippen LogP contribution in [0.1, 0.15) is 37.6 Å². The number of rotatable bonds is 2. The summed E-state index contributed by atoms with van der Waals surface area (Å²) in [5.74, 6) is 0. The van der Waals surface area contributed by atoms with Gasteiger partial charge >= 0.3 is 0 Å². The van der Waals surface area contributed by atoms with Crippen LogP contribution in [0.2, 0.25) is 0 Å². The van der Waals surface area contributed by atoms with Gasteiger partial charge in [0.15, 0.2) is 0 Å². The Kier molecular flexibility index (Phi) is 3.27. The molecule has 4 heteroatoms. The minimum Gasteiger partial charge on any atom is -0.393 e. The molecule has 2 rings (SSSR count). The van der Waals surface area contributed by atoms with Gasteiger partial charge in [-0.3, -0.25) is 9.89 Å². The molecule has 0 fully saturated rings. The van der Waals surface area contributed by atoms with Gasteiger partial charge < -0.3 is 5.73 Å². The van der Waals surface area contributed by atoms with Crippen molar-refractivity contribution in [3.63, 3.8) is 0 Å². The van der Waals surface area contributed by atoms with Crippen molar-refractivity contribution >= 4 is 5.69 Å². The summed E-state index contributed by atoms with van der Waals surface area (Å²) in [7, 11) is 0. The molecule has 0 aliphatic rings. The standard InChI is InChI=1S/C15H21N3O/c1-10-5-7-11(8-6-10)9-18-14(19)12(16)13(17-18)15(2,3)4/h5-8,17H,9,16H2,1-4H3. The van der Waals surface area contributed by atoms with Crippen molar-refractivity contribution in [1.82, 2.24) is 9.78 Å². The van der Waals surface area contributed by atoms with Gasteiger partial charge in [-0.1, -0.05) is 50.6 Å². The van der Waals surface area contributed by atoms with Crippen molar-refractivity contribution in [2.75, 3.05) is 5.73 Å². The molecule has 0 amide bonds. The second kappa shape index (κ2) is 4.61. The Morgan fingerprint density at radius 3 is 2.26 bits per heavy atom.